The van der Waals surface area contributed by atoms with Crippen molar-refractivity contribution in [2.45, 2.75) is 6.92 Å². The molecular weight excluding hydrogens is 197 g/mol. The summed E-state index contributed by atoms with van der Waals surface area (Å²) in [7, 11) is 1.27. The Kier molecular flexibility index (Phi) is 3.44. The van der Waals surface area contributed by atoms with Crippen molar-refractivity contribution in [3.8, 4) is 0 Å². The van der Waals surface area contributed by atoms with Crippen LogP contribution in [-0.4, -0.2) is 13.1 Å². The van der Waals surface area contributed by atoms with E-state index < -0.39 is 11.8 Å². The number of aryl methyl sites for hydroxylation is 1. The molecule has 0 aliphatic rings. The minimum atomic E-state index is -0.503. The molecule has 0 amide bonds. The molecule has 0 aliphatic carbocycles. The van der Waals surface area contributed by atoms with Crippen LogP contribution >= 0.6 is 0 Å². The van der Waals surface area contributed by atoms with Crippen LogP contribution in [0.4, 0.5) is 10.1 Å². The van der Waals surface area contributed by atoms with E-state index in [2.05, 4.69) is 4.74 Å². The molecule has 3 nitrogen and oxygen atoms in total. The summed E-state index contributed by atoms with van der Waals surface area (Å²) in [6, 6.07) is 3.03. The molecule has 80 valence electrons. The number of nitrogens with two attached hydrogens (primary N) is 1. The number of methoxy groups -OCH3 is 1. The molecule has 0 fully saturated rings. The number of nitrogen functional groups attached to an aromatic ring is 1. The normalized spacial score (nSPS) is 10.6. The standard InChI is InChI=1S/C11H12FNO2/c1-7-5-8(3-4-10(14)15-2)11(13)9(12)6-7/h3-6H,13H2,1-2H3/b4-3+. The lowest BCUT2D eigenvalue weighted by molar-refractivity contribution is -0.134. The lowest BCUT2D eigenvalue weighted by atomic mass is 10.1. The molecule has 0 bridgehead atoms. The van der Waals surface area contributed by atoms with E-state index in [1.807, 2.05) is 0 Å². The lowest BCUT2D eigenvalue weighted by Crippen LogP contribution is -1.97. The van der Waals surface area contributed by atoms with Crippen LogP contribution < -0.4 is 5.73 Å². The van der Waals surface area contributed by atoms with Crippen molar-refractivity contribution >= 4 is 17.7 Å². The van der Waals surface area contributed by atoms with Crippen LogP contribution in [0.15, 0.2) is 18.2 Å². The van der Waals surface area contributed by atoms with Crippen LogP contribution in [0, 0.1) is 12.7 Å². The topological polar surface area (TPSA) is 52.3 Å². The molecule has 0 spiro atoms. The van der Waals surface area contributed by atoms with Crippen LogP contribution in [0.2, 0.25) is 0 Å². The first-order valence-corrected chi connectivity index (χ1v) is 4.36. The molecule has 0 saturated heterocycles. The second kappa shape index (κ2) is 4.59. The predicted octanol–water partition coefficient (Wildman–Crippen LogP) is 1.90. The largest absolute Gasteiger partial charge is 0.466 e. The van der Waals surface area contributed by atoms with Gasteiger partial charge in [-0.25, -0.2) is 9.18 Å². The van der Waals surface area contributed by atoms with Crippen LogP contribution in [0.3, 0.4) is 0 Å². The highest BCUT2D eigenvalue weighted by Crippen LogP contribution is 2.19. The number of carbonyl (C=O) groups is 1. The number of esters is 1. The highest BCUT2D eigenvalue weighted by atomic mass is 19.1. The number of rotatable bonds is 2. The summed E-state index contributed by atoms with van der Waals surface area (Å²) in [6.45, 7) is 1.75. The van der Waals surface area contributed by atoms with E-state index >= 15 is 0 Å². The van der Waals surface area contributed by atoms with Gasteiger partial charge in [-0.15, -0.1) is 0 Å². The lowest BCUT2D eigenvalue weighted by Gasteiger charge is -2.03. The summed E-state index contributed by atoms with van der Waals surface area (Å²) in [5.41, 5.74) is 6.74. The Morgan fingerprint density at radius 3 is 2.80 bits per heavy atom. The second-order valence-corrected chi connectivity index (χ2v) is 3.11. The molecule has 0 saturated carbocycles. The van der Waals surface area contributed by atoms with Crippen LogP contribution in [0.1, 0.15) is 11.1 Å². The van der Waals surface area contributed by atoms with Gasteiger partial charge in [0.15, 0.2) is 0 Å². The van der Waals surface area contributed by atoms with Crippen molar-refractivity contribution in [2.75, 3.05) is 12.8 Å². The molecule has 4 heteroatoms. The number of halogens is 1. The van der Waals surface area contributed by atoms with Gasteiger partial charge in [0.05, 0.1) is 12.8 Å². The zero-order chi connectivity index (χ0) is 11.4. The minimum absolute atomic E-state index is 0.0285. The highest BCUT2D eigenvalue weighted by Gasteiger charge is 2.04. The van der Waals surface area contributed by atoms with Crippen LogP contribution in [-0.2, 0) is 9.53 Å². The Morgan fingerprint density at radius 2 is 2.20 bits per heavy atom. The van der Waals surface area contributed by atoms with E-state index in [0.29, 0.717) is 5.56 Å². The number of anilines is 1. The van der Waals surface area contributed by atoms with E-state index in [0.717, 1.165) is 5.56 Å². The Labute approximate surface area is 87.3 Å². The summed E-state index contributed by atoms with van der Waals surface area (Å²) in [4.78, 5) is 10.8. The van der Waals surface area contributed by atoms with E-state index in [1.54, 1.807) is 13.0 Å². The molecule has 1 aromatic carbocycles. The Balaban J connectivity index is 3.04. The van der Waals surface area contributed by atoms with Crippen molar-refractivity contribution in [2.24, 2.45) is 0 Å². The van der Waals surface area contributed by atoms with Crippen molar-refractivity contribution in [3.05, 3.63) is 35.2 Å². The van der Waals surface area contributed by atoms with Gasteiger partial charge in [-0.1, -0.05) is 0 Å². The van der Waals surface area contributed by atoms with E-state index in [9.17, 15) is 9.18 Å². The monoisotopic (exact) mass is 209 g/mol. The van der Waals surface area contributed by atoms with Crippen molar-refractivity contribution in [1.82, 2.24) is 0 Å². The molecule has 0 heterocycles. The van der Waals surface area contributed by atoms with E-state index in [1.165, 1.54) is 25.3 Å². The van der Waals surface area contributed by atoms with Gasteiger partial charge in [-0.3, -0.25) is 0 Å². The molecular formula is C11H12FNO2. The van der Waals surface area contributed by atoms with Gasteiger partial charge in [0, 0.05) is 11.6 Å². The summed E-state index contributed by atoms with van der Waals surface area (Å²) in [5.74, 6) is -0.990. The fourth-order valence-corrected chi connectivity index (χ4v) is 1.14. The fraction of sp³-hybridized carbons (Fsp3) is 0.182. The molecule has 0 aliphatic heterocycles. The third-order valence-corrected chi connectivity index (χ3v) is 1.91. The average molecular weight is 209 g/mol. The quantitative estimate of drug-likeness (QED) is 0.460. The molecule has 1 rings (SSSR count). The maximum atomic E-state index is 13.2. The minimum Gasteiger partial charge on any atom is -0.466 e. The first kappa shape index (κ1) is 11.2. The predicted molar refractivity (Wildman–Crippen MR) is 56.6 cm³/mol. The molecule has 15 heavy (non-hydrogen) atoms. The number of ether oxygens (including phenoxy) is 1. The maximum absolute atomic E-state index is 13.2. The number of carbonyl (C=O) groups excluding carboxylic acids is 1. The average Bonchev–Trinajstić information content (AvgIpc) is 2.20. The van der Waals surface area contributed by atoms with Crippen molar-refractivity contribution < 1.29 is 13.9 Å². The molecule has 2 N–H and O–H groups in total. The maximum Gasteiger partial charge on any atom is 0.330 e. The van der Waals surface area contributed by atoms with Crippen molar-refractivity contribution in [3.63, 3.8) is 0 Å². The first-order chi connectivity index (χ1) is 7.04. The number of hydrogen-bond donors (Lipinski definition) is 1. The Morgan fingerprint density at radius 1 is 1.53 bits per heavy atom. The van der Waals surface area contributed by atoms with E-state index in [-0.39, 0.29) is 5.69 Å². The molecule has 1 aromatic rings. The van der Waals surface area contributed by atoms with Gasteiger partial charge in [0.2, 0.25) is 0 Å². The van der Waals surface area contributed by atoms with Crippen LogP contribution in [0.25, 0.3) is 6.08 Å². The second-order valence-electron chi connectivity index (χ2n) is 3.11. The van der Waals surface area contributed by atoms with Gasteiger partial charge in [-0.2, -0.15) is 0 Å². The van der Waals surface area contributed by atoms with Gasteiger partial charge >= 0.3 is 5.97 Å². The summed E-state index contributed by atoms with van der Waals surface area (Å²) in [5, 5.41) is 0. The zero-order valence-electron chi connectivity index (χ0n) is 8.58. The van der Waals surface area contributed by atoms with Crippen molar-refractivity contribution in [1.29, 1.82) is 0 Å². The Hall–Kier alpha value is -1.84. The molecule has 0 radical (unpaired) electrons. The third kappa shape index (κ3) is 2.80. The number of benzene rings is 1. The summed E-state index contributed by atoms with van der Waals surface area (Å²) >= 11 is 0. The van der Waals surface area contributed by atoms with E-state index in [4.69, 9.17) is 5.73 Å². The van der Waals surface area contributed by atoms with Gasteiger partial charge in [0.25, 0.3) is 0 Å². The number of hydrogen-bond acceptors (Lipinski definition) is 3. The smallest absolute Gasteiger partial charge is 0.330 e. The molecule has 0 aromatic heterocycles. The van der Waals surface area contributed by atoms with Gasteiger partial charge < -0.3 is 10.5 Å². The summed E-state index contributed by atoms with van der Waals surface area (Å²) < 4.78 is 17.6. The van der Waals surface area contributed by atoms with Gasteiger partial charge in [0.1, 0.15) is 5.82 Å². The SMILES string of the molecule is COC(=O)/C=C/c1cc(C)cc(F)c1N. The van der Waals surface area contributed by atoms with Crippen LogP contribution in [0.5, 0.6) is 0 Å². The molecule has 0 unspecified atom stereocenters. The van der Waals surface area contributed by atoms with Gasteiger partial charge in [-0.05, 0) is 30.7 Å². The Bertz CT molecular complexity index is 413. The zero-order valence-corrected chi connectivity index (χ0v) is 8.58. The summed E-state index contributed by atoms with van der Waals surface area (Å²) in [6.07, 6.45) is 2.63. The highest BCUT2D eigenvalue weighted by molar-refractivity contribution is 5.88. The first-order valence-electron chi connectivity index (χ1n) is 4.36. The third-order valence-electron chi connectivity index (χ3n) is 1.91. The fourth-order valence-electron chi connectivity index (χ4n) is 1.14. The molecule has 0 atom stereocenters.